The van der Waals surface area contributed by atoms with Gasteiger partial charge >= 0.3 is 0 Å². The van der Waals surface area contributed by atoms with E-state index in [1.807, 2.05) is 12.1 Å². The van der Waals surface area contributed by atoms with Crippen LogP contribution < -0.4 is 5.32 Å². The molecule has 0 amide bonds. The van der Waals surface area contributed by atoms with Gasteiger partial charge < -0.3 is 5.32 Å². The predicted octanol–water partition coefficient (Wildman–Crippen LogP) is 3.63. The molecule has 0 aromatic heterocycles. The van der Waals surface area contributed by atoms with Gasteiger partial charge in [0.15, 0.2) is 0 Å². The van der Waals surface area contributed by atoms with E-state index in [1.54, 1.807) is 12.1 Å². The van der Waals surface area contributed by atoms with Crippen molar-refractivity contribution in [2.24, 2.45) is 5.92 Å². The molecule has 4 heteroatoms. The number of benzene rings is 1. The van der Waals surface area contributed by atoms with Crippen LogP contribution in [0.3, 0.4) is 0 Å². The molecule has 0 bridgehead atoms. The molecule has 1 saturated heterocycles. The summed E-state index contributed by atoms with van der Waals surface area (Å²) in [6.07, 6.45) is 2.29. The van der Waals surface area contributed by atoms with Crippen LogP contribution in [0.25, 0.3) is 0 Å². The first-order valence-electron chi connectivity index (χ1n) is 7.43. The van der Waals surface area contributed by atoms with E-state index in [1.165, 1.54) is 0 Å². The van der Waals surface area contributed by atoms with Gasteiger partial charge in [-0.15, -0.1) is 12.4 Å². The molecule has 1 heterocycles. The van der Waals surface area contributed by atoms with Crippen molar-refractivity contribution >= 4 is 12.4 Å². The number of rotatable bonds is 5. The predicted molar refractivity (Wildman–Crippen MR) is 84.9 cm³/mol. The van der Waals surface area contributed by atoms with E-state index in [-0.39, 0.29) is 24.3 Å². The number of halogens is 2. The van der Waals surface area contributed by atoms with E-state index in [9.17, 15) is 4.39 Å². The Hall–Kier alpha value is -0.640. The first-order valence-corrected chi connectivity index (χ1v) is 7.43. The van der Waals surface area contributed by atoms with E-state index in [2.05, 4.69) is 24.1 Å². The molecule has 2 rings (SSSR count). The summed E-state index contributed by atoms with van der Waals surface area (Å²) in [5.74, 6) is 0.425. The van der Waals surface area contributed by atoms with Crippen LogP contribution in [-0.4, -0.2) is 31.1 Å². The van der Waals surface area contributed by atoms with Crippen LogP contribution in [0.5, 0.6) is 0 Å². The summed E-state index contributed by atoms with van der Waals surface area (Å²) in [5, 5.41) is 3.37. The molecule has 0 spiro atoms. The third kappa shape index (κ3) is 4.18. The van der Waals surface area contributed by atoms with E-state index in [0.29, 0.717) is 5.92 Å². The summed E-state index contributed by atoms with van der Waals surface area (Å²) in [7, 11) is 0. The molecule has 114 valence electrons. The molecule has 0 saturated carbocycles. The third-order valence-corrected chi connectivity index (χ3v) is 4.05. The SMILES string of the molecule is CCCC(C)[C@H](c1ccccc1F)N1CCNCC1.Cl. The Morgan fingerprint density at radius 3 is 2.50 bits per heavy atom. The normalized spacial score (nSPS) is 19.1. The van der Waals surface area contributed by atoms with Gasteiger partial charge in [0, 0.05) is 37.8 Å². The lowest BCUT2D eigenvalue weighted by Crippen LogP contribution is -2.46. The second kappa shape index (κ2) is 8.60. The lowest BCUT2D eigenvalue weighted by molar-refractivity contribution is 0.123. The zero-order chi connectivity index (χ0) is 13.7. The van der Waals surface area contributed by atoms with Crippen LogP contribution in [-0.2, 0) is 0 Å². The summed E-state index contributed by atoms with van der Waals surface area (Å²) in [6, 6.07) is 7.48. The van der Waals surface area contributed by atoms with E-state index < -0.39 is 0 Å². The molecule has 0 radical (unpaired) electrons. The minimum absolute atomic E-state index is 0. The second-order valence-electron chi connectivity index (χ2n) is 5.52. The van der Waals surface area contributed by atoms with Crippen LogP contribution in [0, 0.1) is 11.7 Å². The molecule has 1 aliphatic heterocycles. The van der Waals surface area contributed by atoms with E-state index in [4.69, 9.17) is 0 Å². The Labute approximate surface area is 128 Å². The van der Waals surface area contributed by atoms with Gasteiger partial charge in [0.25, 0.3) is 0 Å². The maximum Gasteiger partial charge on any atom is 0.127 e. The highest BCUT2D eigenvalue weighted by Gasteiger charge is 2.28. The maximum absolute atomic E-state index is 14.2. The third-order valence-electron chi connectivity index (χ3n) is 4.05. The van der Waals surface area contributed by atoms with Crippen LogP contribution in [0.4, 0.5) is 4.39 Å². The van der Waals surface area contributed by atoms with Crippen molar-refractivity contribution in [3.05, 3.63) is 35.6 Å². The Morgan fingerprint density at radius 1 is 1.25 bits per heavy atom. The molecule has 2 nitrogen and oxygen atoms in total. The van der Waals surface area contributed by atoms with E-state index in [0.717, 1.165) is 44.6 Å². The van der Waals surface area contributed by atoms with Crippen LogP contribution in [0.15, 0.2) is 24.3 Å². The van der Waals surface area contributed by atoms with Crippen LogP contribution >= 0.6 is 12.4 Å². The van der Waals surface area contributed by atoms with Gasteiger partial charge in [-0.25, -0.2) is 4.39 Å². The molecule has 1 fully saturated rings. The van der Waals surface area contributed by atoms with Crippen molar-refractivity contribution in [2.75, 3.05) is 26.2 Å². The van der Waals surface area contributed by atoms with E-state index >= 15 is 0 Å². The standard InChI is InChI=1S/C16H25FN2.ClH/c1-3-6-13(2)16(19-11-9-18-10-12-19)14-7-4-5-8-15(14)17;/h4-5,7-8,13,16,18H,3,6,9-12H2,1-2H3;1H/t13?,16-;/m1./s1. The van der Waals surface area contributed by atoms with Crippen molar-refractivity contribution < 1.29 is 4.39 Å². The van der Waals surface area contributed by atoms with Gasteiger partial charge in [0.2, 0.25) is 0 Å². The highest BCUT2D eigenvalue weighted by atomic mass is 35.5. The fourth-order valence-corrected chi connectivity index (χ4v) is 3.15. The number of piperazine rings is 1. The van der Waals surface area contributed by atoms with Crippen molar-refractivity contribution in [2.45, 2.75) is 32.7 Å². The Balaban J connectivity index is 0.00000200. The molecular weight excluding hydrogens is 275 g/mol. The topological polar surface area (TPSA) is 15.3 Å². The summed E-state index contributed by atoms with van der Waals surface area (Å²) >= 11 is 0. The largest absolute Gasteiger partial charge is 0.314 e. The molecular formula is C16H26ClFN2. The molecule has 1 aromatic carbocycles. The van der Waals surface area contributed by atoms with Crippen molar-refractivity contribution in [3.8, 4) is 0 Å². The zero-order valence-electron chi connectivity index (χ0n) is 12.4. The first kappa shape index (κ1) is 17.4. The molecule has 1 aromatic rings. The monoisotopic (exact) mass is 300 g/mol. The van der Waals surface area contributed by atoms with Gasteiger partial charge in [0.1, 0.15) is 5.82 Å². The second-order valence-corrected chi connectivity index (χ2v) is 5.52. The van der Waals surface area contributed by atoms with Gasteiger partial charge in [-0.1, -0.05) is 38.5 Å². The van der Waals surface area contributed by atoms with Crippen molar-refractivity contribution in [1.29, 1.82) is 0 Å². The number of hydrogen-bond donors (Lipinski definition) is 1. The Kier molecular flexibility index (Phi) is 7.49. The lowest BCUT2D eigenvalue weighted by Gasteiger charge is -2.38. The average Bonchev–Trinajstić information content (AvgIpc) is 2.43. The fraction of sp³-hybridized carbons (Fsp3) is 0.625. The zero-order valence-corrected chi connectivity index (χ0v) is 13.3. The van der Waals surface area contributed by atoms with Crippen molar-refractivity contribution in [1.82, 2.24) is 10.2 Å². The Bertz CT molecular complexity index is 394. The van der Waals surface area contributed by atoms with Crippen molar-refractivity contribution in [3.63, 3.8) is 0 Å². The Morgan fingerprint density at radius 2 is 1.90 bits per heavy atom. The quantitative estimate of drug-likeness (QED) is 0.893. The molecule has 1 unspecified atom stereocenters. The lowest BCUT2D eigenvalue weighted by atomic mass is 9.89. The number of nitrogens with zero attached hydrogens (tertiary/aromatic N) is 1. The molecule has 20 heavy (non-hydrogen) atoms. The van der Waals surface area contributed by atoms with Gasteiger partial charge in [-0.2, -0.15) is 0 Å². The highest BCUT2D eigenvalue weighted by molar-refractivity contribution is 5.85. The summed E-state index contributed by atoms with van der Waals surface area (Å²) in [6.45, 7) is 8.48. The molecule has 2 atom stereocenters. The average molecular weight is 301 g/mol. The summed E-state index contributed by atoms with van der Waals surface area (Å²) in [4.78, 5) is 2.44. The molecule has 1 N–H and O–H groups in total. The van der Waals surface area contributed by atoms with Crippen LogP contribution in [0.2, 0.25) is 0 Å². The maximum atomic E-state index is 14.2. The first-order chi connectivity index (χ1) is 9.24. The molecule has 1 aliphatic rings. The summed E-state index contributed by atoms with van der Waals surface area (Å²) in [5.41, 5.74) is 0.866. The minimum atomic E-state index is -0.0611. The van der Waals surface area contributed by atoms with Gasteiger partial charge in [-0.3, -0.25) is 4.90 Å². The minimum Gasteiger partial charge on any atom is -0.314 e. The molecule has 0 aliphatic carbocycles. The summed E-state index contributed by atoms with van der Waals surface area (Å²) < 4.78 is 14.2. The number of nitrogens with one attached hydrogen (secondary N) is 1. The van der Waals surface area contributed by atoms with Gasteiger partial charge in [-0.05, 0) is 18.4 Å². The smallest absolute Gasteiger partial charge is 0.127 e. The fourth-order valence-electron chi connectivity index (χ4n) is 3.15. The number of hydrogen-bond acceptors (Lipinski definition) is 2. The van der Waals surface area contributed by atoms with Crippen LogP contribution in [0.1, 0.15) is 38.3 Å². The van der Waals surface area contributed by atoms with Gasteiger partial charge in [0.05, 0.1) is 0 Å². The highest BCUT2D eigenvalue weighted by Crippen LogP contribution is 2.33.